The third-order valence-electron chi connectivity index (χ3n) is 4.73. The van der Waals surface area contributed by atoms with Crippen LogP contribution in [0.2, 0.25) is 0 Å². The molecule has 4 aromatic rings. The van der Waals surface area contributed by atoms with Crippen molar-refractivity contribution < 1.29 is 5.11 Å². The summed E-state index contributed by atoms with van der Waals surface area (Å²) in [5, 5.41) is 16.1. The predicted octanol–water partition coefficient (Wildman–Crippen LogP) is 3.01. The number of nitrogen functional groups attached to an aromatic ring is 1. The number of nitrogens with two attached hydrogens (primary N) is 1. The Balaban J connectivity index is 1.69. The molecule has 0 radical (unpaired) electrons. The van der Waals surface area contributed by atoms with Crippen LogP contribution in [0.3, 0.4) is 0 Å². The molecule has 0 amide bonds. The van der Waals surface area contributed by atoms with Crippen molar-refractivity contribution in [2.45, 2.75) is 19.4 Å². The number of anilines is 1. The summed E-state index contributed by atoms with van der Waals surface area (Å²) >= 11 is 0. The smallest absolute Gasteiger partial charge is 0.164 e. The molecule has 0 spiro atoms. The van der Waals surface area contributed by atoms with E-state index >= 15 is 0 Å². The molecule has 0 saturated heterocycles. The van der Waals surface area contributed by atoms with Crippen molar-refractivity contribution in [3.63, 3.8) is 0 Å². The van der Waals surface area contributed by atoms with Crippen LogP contribution in [0, 0.1) is 0 Å². The van der Waals surface area contributed by atoms with Gasteiger partial charge in [-0.3, -0.25) is 4.99 Å². The Bertz CT molecular complexity index is 1230. The first kappa shape index (κ1) is 15.6. The minimum absolute atomic E-state index is 0.219. The predicted molar refractivity (Wildman–Crippen MR) is 105 cm³/mol. The first-order valence-corrected chi connectivity index (χ1v) is 8.68. The highest BCUT2D eigenvalue weighted by Gasteiger charge is 2.19. The van der Waals surface area contributed by atoms with Gasteiger partial charge in [-0.2, -0.15) is 5.10 Å². The molecular weight excluding hydrogens is 342 g/mol. The van der Waals surface area contributed by atoms with Crippen molar-refractivity contribution in [2.75, 3.05) is 5.73 Å². The molecule has 134 valence electrons. The molecular formula is C19H17N7O. The number of H-pyrrole nitrogens is 1. The summed E-state index contributed by atoms with van der Waals surface area (Å²) < 4.78 is 1.85. The van der Waals surface area contributed by atoms with Crippen LogP contribution in [0.1, 0.15) is 12.8 Å². The van der Waals surface area contributed by atoms with Gasteiger partial charge in [0.15, 0.2) is 5.65 Å². The van der Waals surface area contributed by atoms with E-state index in [1.165, 1.54) is 11.9 Å². The minimum atomic E-state index is 0.219. The molecule has 0 unspecified atom stereocenters. The van der Waals surface area contributed by atoms with Crippen LogP contribution in [-0.2, 0) is 6.54 Å². The van der Waals surface area contributed by atoms with Crippen LogP contribution in [-0.4, -0.2) is 36.1 Å². The van der Waals surface area contributed by atoms with Gasteiger partial charge in [0.1, 0.15) is 23.6 Å². The number of aromatic hydroxyl groups is 1. The first-order chi connectivity index (χ1) is 13.2. The van der Waals surface area contributed by atoms with Crippen LogP contribution in [0.25, 0.3) is 33.3 Å². The maximum atomic E-state index is 9.72. The number of phenolic OH excluding ortho intramolecular Hbond substituents is 1. The van der Waals surface area contributed by atoms with E-state index in [9.17, 15) is 5.11 Å². The molecule has 8 heteroatoms. The number of hydrogen-bond acceptors (Lipinski definition) is 6. The highest BCUT2D eigenvalue weighted by atomic mass is 16.3. The van der Waals surface area contributed by atoms with Crippen molar-refractivity contribution in [1.82, 2.24) is 24.7 Å². The van der Waals surface area contributed by atoms with Gasteiger partial charge in [-0.1, -0.05) is 0 Å². The van der Waals surface area contributed by atoms with Gasteiger partial charge in [0.2, 0.25) is 0 Å². The van der Waals surface area contributed by atoms with Gasteiger partial charge in [0.25, 0.3) is 0 Å². The zero-order chi connectivity index (χ0) is 18.4. The fraction of sp³-hybridized carbons (Fsp3) is 0.158. The van der Waals surface area contributed by atoms with Crippen LogP contribution < -0.4 is 5.73 Å². The van der Waals surface area contributed by atoms with E-state index in [0.717, 1.165) is 29.4 Å². The van der Waals surface area contributed by atoms with E-state index in [1.807, 2.05) is 29.2 Å². The number of aromatic nitrogens is 5. The monoisotopic (exact) mass is 359 g/mol. The summed E-state index contributed by atoms with van der Waals surface area (Å²) in [4.78, 5) is 16.1. The van der Waals surface area contributed by atoms with Gasteiger partial charge in [0.05, 0.1) is 17.6 Å². The zero-order valence-corrected chi connectivity index (χ0v) is 14.4. The number of nitrogens with one attached hydrogen (secondary N) is 1. The summed E-state index contributed by atoms with van der Waals surface area (Å²) in [5.41, 5.74) is 10.4. The Morgan fingerprint density at radius 1 is 1.22 bits per heavy atom. The molecule has 8 nitrogen and oxygen atoms in total. The number of aromatic amines is 1. The van der Waals surface area contributed by atoms with Gasteiger partial charge in [-0.15, -0.1) is 0 Å². The van der Waals surface area contributed by atoms with Gasteiger partial charge in [-0.05, 0) is 42.7 Å². The van der Waals surface area contributed by atoms with Gasteiger partial charge >= 0.3 is 0 Å². The standard InChI is InChI=1S/C19H17N7O/c20-18-16-17(15-7-12-6-13(27)3-4-14(12)24-15)25-26(19(16)23-10-22-18)9-11-2-1-5-21-8-11/h3-8,10,24,27H,1-2,9H2,(H2,20,22,23). The summed E-state index contributed by atoms with van der Waals surface area (Å²) in [7, 11) is 0. The fourth-order valence-electron chi connectivity index (χ4n) is 3.44. The number of rotatable bonds is 3. The van der Waals surface area contributed by atoms with E-state index in [2.05, 4.69) is 19.9 Å². The van der Waals surface area contributed by atoms with Crippen LogP contribution >= 0.6 is 0 Å². The van der Waals surface area contributed by atoms with Crippen molar-refractivity contribution in [2.24, 2.45) is 4.99 Å². The normalized spacial score (nSPS) is 14.1. The lowest BCUT2D eigenvalue weighted by atomic mass is 10.1. The summed E-state index contributed by atoms with van der Waals surface area (Å²) in [6.07, 6.45) is 7.13. The highest BCUT2D eigenvalue weighted by Crippen LogP contribution is 2.33. The average molecular weight is 359 g/mol. The van der Waals surface area contributed by atoms with Crippen molar-refractivity contribution in [3.05, 3.63) is 42.4 Å². The summed E-state index contributed by atoms with van der Waals surface area (Å²) in [5.74, 6) is 0.606. The number of nitrogens with zero attached hydrogens (tertiary/aromatic N) is 5. The molecule has 5 rings (SSSR count). The minimum Gasteiger partial charge on any atom is -0.508 e. The van der Waals surface area contributed by atoms with E-state index in [-0.39, 0.29) is 5.75 Å². The Morgan fingerprint density at radius 3 is 3.00 bits per heavy atom. The van der Waals surface area contributed by atoms with E-state index < -0.39 is 0 Å². The number of hydrogen-bond donors (Lipinski definition) is 3. The SMILES string of the molecule is Nc1ncnc2c1c(-c1cc3cc(O)ccc3[nH]1)nn2CC1=CN=CCC1. The molecule has 0 fully saturated rings. The number of allylic oxidation sites excluding steroid dienone is 1. The number of fused-ring (bicyclic) bond motifs is 2. The van der Waals surface area contributed by atoms with Gasteiger partial charge < -0.3 is 15.8 Å². The summed E-state index contributed by atoms with van der Waals surface area (Å²) in [6, 6.07) is 7.13. The topological polar surface area (TPSA) is 118 Å². The van der Waals surface area contributed by atoms with Crippen LogP contribution in [0.15, 0.2) is 47.4 Å². The second-order valence-electron chi connectivity index (χ2n) is 6.58. The first-order valence-electron chi connectivity index (χ1n) is 8.68. The van der Waals surface area contributed by atoms with Gasteiger partial charge in [-0.25, -0.2) is 14.6 Å². The van der Waals surface area contributed by atoms with E-state index in [1.54, 1.807) is 12.1 Å². The molecule has 0 bridgehead atoms. The van der Waals surface area contributed by atoms with Crippen molar-refractivity contribution >= 4 is 34.0 Å². The molecule has 1 aliphatic rings. The largest absolute Gasteiger partial charge is 0.508 e. The maximum absolute atomic E-state index is 9.72. The highest BCUT2D eigenvalue weighted by molar-refractivity contribution is 6.00. The maximum Gasteiger partial charge on any atom is 0.164 e. The van der Waals surface area contributed by atoms with E-state index in [4.69, 9.17) is 10.8 Å². The Kier molecular flexibility index (Phi) is 3.43. The number of benzene rings is 1. The molecule has 1 aromatic carbocycles. The van der Waals surface area contributed by atoms with Crippen molar-refractivity contribution in [3.8, 4) is 17.1 Å². The van der Waals surface area contributed by atoms with Crippen LogP contribution in [0.4, 0.5) is 5.82 Å². The number of phenols is 1. The lowest BCUT2D eigenvalue weighted by molar-refractivity contribution is 0.476. The molecule has 27 heavy (non-hydrogen) atoms. The molecule has 0 saturated carbocycles. The zero-order valence-electron chi connectivity index (χ0n) is 14.4. The third-order valence-corrected chi connectivity index (χ3v) is 4.73. The molecule has 4 N–H and O–H groups in total. The molecule has 3 aromatic heterocycles. The number of aliphatic imine (C=N–C) groups is 1. The third kappa shape index (κ3) is 2.62. The van der Waals surface area contributed by atoms with E-state index in [0.29, 0.717) is 29.1 Å². The Hall–Kier alpha value is -3.68. The van der Waals surface area contributed by atoms with Crippen LogP contribution in [0.5, 0.6) is 5.75 Å². The second kappa shape index (κ2) is 5.94. The molecule has 0 atom stereocenters. The van der Waals surface area contributed by atoms with Gasteiger partial charge in [0, 0.05) is 23.3 Å². The molecule has 4 heterocycles. The molecule has 1 aliphatic heterocycles. The van der Waals surface area contributed by atoms with Crippen molar-refractivity contribution in [1.29, 1.82) is 0 Å². The lowest BCUT2D eigenvalue weighted by Crippen LogP contribution is -2.06. The second-order valence-corrected chi connectivity index (χ2v) is 6.58. The quantitative estimate of drug-likeness (QED) is 0.520. The molecule has 0 aliphatic carbocycles. The Labute approximate surface area is 154 Å². The fourth-order valence-corrected chi connectivity index (χ4v) is 3.44. The lowest BCUT2D eigenvalue weighted by Gasteiger charge is -2.08. The summed E-state index contributed by atoms with van der Waals surface area (Å²) in [6.45, 7) is 0.602. The average Bonchev–Trinajstić information content (AvgIpc) is 3.25. The Morgan fingerprint density at radius 2 is 2.15 bits per heavy atom.